The lowest BCUT2D eigenvalue weighted by molar-refractivity contribution is -0.121. The van der Waals surface area contributed by atoms with Gasteiger partial charge in [-0.15, -0.1) is 0 Å². The third-order valence-corrected chi connectivity index (χ3v) is 3.24. The second kappa shape index (κ2) is 3.38. The number of hydrogen-bond acceptors (Lipinski definition) is 2. The van der Waals surface area contributed by atoms with E-state index in [1.54, 1.807) is 6.92 Å². The van der Waals surface area contributed by atoms with Crippen LogP contribution in [0.25, 0.3) is 0 Å². The molecule has 0 heterocycles. The van der Waals surface area contributed by atoms with Crippen LogP contribution in [-0.2, 0) is 14.4 Å². The average molecular weight is 223 g/mol. The van der Waals surface area contributed by atoms with E-state index >= 15 is 0 Å². The lowest BCUT2D eigenvalue weighted by Crippen LogP contribution is -2.43. The summed E-state index contributed by atoms with van der Waals surface area (Å²) < 4.78 is 5.17. The summed E-state index contributed by atoms with van der Waals surface area (Å²) in [7, 11) is 1.53. The zero-order chi connectivity index (χ0) is 11.1. The molecule has 0 radical (unpaired) electrons. The number of Topliss-reactive ketones (excluding diaryl/α,β-unsaturated/α-hetero) is 1. The average Bonchev–Trinajstić information content (AvgIpc) is 2.30. The molecule has 1 unspecified atom stereocenters. The number of carbonyl (C=O) groups excluding carboxylic acids is 1. The quantitative estimate of drug-likeness (QED) is 0.719. The number of allylic oxidation sites excluding steroid dienone is 2. The van der Waals surface area contributed by atoms with Gasteiger partial charge in [-0.3, -0.25) is 4.79 Å². The Labute approximate surface area is 93.5 Å². The van der Waals surface area contributed by atoms with Crippen molar-refractivity contribution >= 4 is 17.4 Å². The third-order valence-electron chi connectivity index (χ3n) is 2.68. The molecule has 0 spiro atoms. The molecule has 0 N–H and O–H groups in total. The number of rotatable bonds is 2. The Bertz CT molecular complexity index is 436. The Hall–Kier alpha value is -1.28. The molecule has 0 aromatic heterocycles. The number of alkyl halides is 1. The first-order valence-corrected chi connectivity index (χ1v) is 5.04. The standard InChI is InChI=1S/C12H11ClO2/c1-8-10(14)12(13,11(8)15-2)9-6-4-3-5-7-9/h3-7H,1-2H3. The monoisotopic (exact) mass is 222 g/mol. The Morgan fingerprint density at radius 2 is 1.87 bits per heavy atom. The van der Waals surface area contributed by atoms with Crippen LogP contribution < -0.4 is 0 Å². The lowest BCUT2D eigenvalue weighted by atomic mass is 9.77. The van der Waals surface area contributed by atoms with Gasteiger partial charge in [-0.25, -0.2) is 0 Å². The number of halogens is 1. The topological polar surface area (TPSA) is 26.3 Å². The maximum Gasteiger partial charge on any atom is 0.195 e. The van der Waals surface area contributed by atoms with Crippen LogP contribution in [0.5, 0.6) is 0 Å². The molecule has 0 aliphatic heterocycles. The second-order valence-electron chi connectivity index (χ2n) is 3.51. The van der Waals surface area contributed by atoms with E-state index in [9.17, 15) is 4.79 Å². The van der Waals surface area contributed by atoms with Crippen LogP contribution in [0.15, 0.2) is 41.7 Å². The van der Waals surface area contributed by atoms with Gasteiger partial charge in [0.15, 0.2) is 10.7 Å². The van der Waals surface area contributed by atoms with E-state index in [4.69, 9.17) is 16.3 Å². The van der Waals surface area contributed by atoms with Crippen LogP contribution in [-0.4, -0.2) is 12.9 Å². The number of methoxy groups -OCH3 is 1. The molecule has 1 aliphatic rings. The minimum Gasteiger partial charge on any atom is -0.498 e. The van der Waals surface area contributed by atoms with E-state index in [1.807, 2.05) is 30.3 Å². The molecule has 1 aromatic rings. The fraction of sp³-hybridized carbons (Fsp3) is 0.250. The van der Waals surface area contributed by atoms with Crippen LogP contribution >= 0.6 is 11.6 Å². The molecule has 0 saturated carbocycles. The second-order valence-corrected chi connectivity index (χ2v) is 4.08. The number of hydrogen-bond donors (Lipinski definition) is 0. The van der Waals surface area contributed by atoms with Crippen molar-refractivity contribution in [3.05, 3.63) is 47.2 Å². The van der Waals surface area contributed by atoms with E-state index in [-0.39, 0.29) is 5.78 Å². The molecule has 78 valence electrons. The van der Waals surface area contributed by atoms with Crippen molar-refractivity contribution in [3.63, 3.8) is 0 Å². The maximum atomic E-state index is 11.8. The van der Waals surface area contributed by atoms with Gasteiger partial charge in [-0.05, 0) is 12.5 Å². The van der Waals surface area contributed by atoms with Crippen LogP contribution in [0, 0.1) is 0 Å². The van der Waals surface area contributed by atoms with Crippen molar-refractivity contribution in [2.24, 2.45) is 0 Å². The first-order valence-electron chi connectivity index (χ1n) is 4.67. The highest BCUT2D eigenvalue weighted by molar-refractivity contribution is 6.43. The first kappa shape index (κ1) is 10.2. The predicted molar refractivity (Wildman–Crippen MR) is 58.7 cm³/mol. The first-order chi connectivity index (χ1) is 7.12. The fourth-order valence-corrected chi connectivity index (χ4v) is 2.37. The zero-order valence-corrected chi connectivity index (χ0v) is 9.34. The van der Waals surface area contributed by atoms with Gasteiger partial charge in [0.05, 0.1) is 7.11 Å². The summed E-state index contributed by atoms with van der Waals surface area (Å²) in [6, 6.07) is 9.25. The Morgan fingerprint density at radius 1 is 1.27 bits per heavy atom. The molecule has 1 aliphatic carbocycles. The minimum absolute atomic E-state index is 0.0767. The van der Waals surface area contributed by atoms with Gasteiger partial charge in [0.2, 0.25) is 0 Å². The summed E-state index contributed by atoms with van der Waals surface area (Å²) in [4.78, 5) is 10.7. The molecule has 1 aromatic carbocycles. The molecule has 1 atom stereocenters. The third kappa shape index (κ3) is 1.21. The molecule has 2 rings (SSSR count). The van der Waals surface area contributed by atoms with E-state index in [1.165, 1.54) is 7.11 Å². The predicted octanol–water partition coefficient (Wildman–Crippen LogP) is 2.62. The molecule has 3 heteroatoms. The largest absolute Gasteiger partial charge is 0.498 e. The van der Waals surface area contributed by atoms with Gasteiger partial charge in [0.1, 0.15) is 5.76 Å². The summed E-state index contributed by atoms with van der Waals surface area (Å²) in [5.74, 6) is 0.479. The molecular weight excluding hydrogens is 212 g/mol. The molecule has 15 heavy (non-hydrogen) atoms. The normalized spacial score (nSPS) is 25.1. The van der Waals surface area contributed by atoms with Gasteiger partial charge in [-0.2, -0.15) is 0 Å². The van der Waals surface area contributed by atoms with Crippen molar-refractivity contribution in [2.45, 2.75) is 11.8 Å². The highest BCUT2D eigenvalue weighted by Crippen LogP contribution is 2.48. The molecule has 0 fully saturated rings. The van der Waals surface area contributed by atoms with E-state index < -0.39 is 4.87 Å². The van der Waals surface area contributed by atoms with Gasteiger partial charge >= 0.3 is 0 Å². The summed E-state index contributed by atoms with van der Waals surface area (Å²) in [5, 5.41) is 0. The number of carbonyl (C=O) groups is 1. The summed E-state index contributed by atoms with van der Waals surface area (Å²) in [5.41, 5.74) is 1.37. The molecular formula is C12H11ClO2. The number of benzene rings is 1. The van der Waals surface area contributed by atoms with Crippen molar-refractivity contribution < 1.29 is 9.53 Å². The van der Waals surface area contributed by atoms with E-state index in [0.29, 0.717) is 11.3 Å². The Morgan fingerprint density at radius 3 is 2.40 bits per heavy atom. The van der Waals surface area contributed by atoms with Crippen molar-refractivity contribution in [3.8, 4) is 0 Å². The molecule has 2 nitrogen and oxygen atoms in total. The van der Waals surface area contributed by atoms with Gasteiger partial charge < -0.3 is 4.74 Å². The summed E-state index contributed by atoms with van der Waals surface area (Å²) >= 11 is 6.31. The van der Waals surface area contributed by atoms with Crippen LogP contribution in [0.1, 0.15) is 12.5 Å². The van der Waals surface area contributed by atoms with Crippen LogP contribution in [0.2, 0.25) is 0 Å². The highest BCUT2D eigenvalue weighted by atomic mass is 35.5. The minimum atomic E-state index is -1.10. The Balaban J connectivity index is 2.51. The van der Waals surface area contributed by atoms with Crippen molar-refractivity contribution in [2.75, 3.05) is 7.11 Å². The molecule has 0 amide bonds. The smallest absolute Gasteiger partial charge is 0.195 e. The number of ether oxygens (including phenoxy) is 1. The fourth-order valence-electron chi connectivity index (χ4n) is 1.88. The lowest BCUT2D eigenvalue weighted by Gasteiger charge is -2.36. The van der Waals surface area contributed by atoms with Crippen molar-refractivity contribution in [1.29, 1.82) is 0 Å². The molecule has 0 saturated heterocycles. The summed E-state index contributed by atoms with van der Waals surface area (Å²) in [6.45, 7) is 1.73. The van der Waals surface area contributed by atoms with Gasteiger partial charge in [0, 0.05) is 5.57 Å². The van der Waals surface area contributed by atoms with E-state index in [0.717, 1.165) is 5.56 Å². The maximum absolute atomic E-state index is 11.8. The van der Waals surface area contributed by atoms with Crippen molar-refractivity contribution in [1.82, 2.24) is 0 Å². The van der Waals surface area contributed by atoms with Gasteiger partial charge in [-0.1, -0.05) is 41.9 Å². The number of ketones is 1. The van der Waals surface area contributed by atoms with E-state index in [2.05, 4.69) is 0 Å². The van der Waals surface area contributed by atoms with Crippen LogP contribution in [0.3, 0.4) is 0 Å². The molecule has 0 bridgehead atoms. The summed E-state index contributed by atoms with van der Waals surface area (Å²) in [6.07, 6.45) is 0. The van der Waals surface area contributed by atoms with Gasteiger partial charge in [0.25, 0.3) is 0 Å². The SMILES string of the molecule is COC1=C(C)C(=O)C1(Cl)c1ccccc1. The van der Waals surface area contributed by atoms with Crippen LogP contribution in [0.4, 0.5) is 0 Å². The highest BCUT2D eigenvalue weighted by Gasteiger charge is 2.53. The zero-order valence-electron chi connectivity index (χ0n) is 8.58. The Kier molecular flexibility index (Phi) is 2.31.